The van der Waals surface area contributed by atoms with E-state index in [0.717, 1.165) is 44.1 Å². The van der Waals surface area contributed by atoms with Crippen molar-refractivity contribution in [2.24, 2.45) is 0 Å². The van der Waals surface area contributed by atoms with Gasteiger partial charge in [-0.2, -0.15) is 0 Å². The molecule has 1 unspecified atom stereocenters. The van der Waals surface area contributed by atoms with Gasteiger partial charge in [0, 0.05) is 49.2 Å². The highest BCUT2D eigenvalue weighted by Gasteiger charge is 2.22. The minimum atomic E-state index is 0.500. The molecule has 0 amide bonds. The van der Waals surface area contributed by atoms with Crippen LogP contribution in [-0.2, 0) is 0 Å². The first kappa shape index (κ1) is 14.0. The first-order chi connectivity index (χ1) is 9.10. The van der Waals surface area contributed by atoms with Crippen LogP contribution in [0.2, 0.25) is 0 Å². The van der Waals surface area contributed by atoms with Gasteiger partial charge in [0.25, 0.3) is 0 Å². The fraction of sp³-hybridized carbons (Fsp3) is 0.600. The molecule has 2 N–H and O–H groups in total. The normalized spacial score (nSPS) is 20.6. The summed E-state index contributed by atoms with van der Waals surface area (Å²) < 4.78 is 5.71. The quantitative estimate of drug-likeness (QED) is 0.846. The number of ether oxygens (including phenoxy) is 1. The standard InChI is InChI=1S/C15H25N3O/c1-4-7-19-15-9-13(16)8-14(10-15)18-6-5-17(3)11-12(18)2/h8-10,12H,4-7,11,16H2,1-3H3. The Balaban J connectivity index is 2.16. The summed E-state index contributed by atoms with van der Waals surface area (Å²) in [5.74, 6) is 0.878. The van der Waals surface area contributed by atoms with E-state index in [1.54, 1.807) is 0 Å². The SMILES string of the molecule is CCCOc1cc(N)cc(N2CCN(C)CC2C)c1. The zero-order chi connectivity index (χ0) is 13.8. The van der Waals surface area contributed by atoms with Crippen molar-refractivity contribution in [3.05, 3.63) is 18.2 Å². The summed E-state index contributed by atoms with van der Waals surface area (Å²) in [7, 11) is 2.17. The minimum absolute atomic E-state index is 0.500. The number of likely N-dealkylation sites (N-methyl/N-ethyl adjacent to an activating group) is 1. The number of nitrogen functional groups attached to an aromatic ring is 1. The van der Waals surface area contributed by atoms with Crippen molar-refractivity contribution in [1.29, 1.82) is 0 Å². The fourth-order valence-electron chi connectivity index (χ4n) is 2.60. The molecule has 1 aromatic carbocycles. The number of hydrogen-bond acceptors (Lipinski definition) is 4. The van der Waals surface area contributed by atoms with Gasteiger partial charge in [0.05, 0.1) is 6.61 Å². The van der Waals surface area contributed by atoms with Crippen LogP contribution in [-0.4, -0.2) is 44.2 Å². The van der Waals surface area contributed by atoms with Crippen molar-refractivity contribution in [1.82, 2.24) is 4.90 Å². The summed E-state index contributed by atoms with van der Waals surface area (Å²) in [6.07, 6.45) is 1.01. The van der Waals surface area contributed by atoms with E-state index in [9.17, 15) is 0 Å². The molecular weight excluding hydrogens is 238 g/mol. The summed E-state index contributed by atoms with van der Waals surface area (Å²) >= 11 is 0. The molecule has 0 aliphatic carbocycles. The van der Waals surface area contributed by atoms with E-state index >= 15 is 0 Å². The van der Waals surface area contributed by atoms with E-state index in [1.807, 2.05) is 12.1 Å². The molecule has 1 aliphatic heterocycles. The molecule has 1 saturated heterocycles. The fourth-order valence-corrected chi connectivity index (χ4v) is 2.60. The predicted octanol–water partition coefficient (Wildman–Crippen LogP) is 2.20. The maximum absolute atomic E-state index is 5.99. The van der Waals surface area contributed by atoms with Crippen molar-refractivity contribution in [2.75, 3.05) is 43.9 Å². The molecule has 1 aromatic rings. The molecule has 0 aromatic heterocycles. The zero-order valence-electron chi connectivity index (χ0n) is 12.2. The Bertz CT molecular complexity index is 422. The van der Waals surface area contributed by atoms with Crippen LogP contribution in [0.5, 0.6) is 5.75 Å². The second kappa shape index (κ2) is 6.15. The van der Waals surface area contributed by atoms with Gasteiger partial charge in [-0.1, -0.05) is 6.92 Å². The Morgan fingerprint density at radius 3 is 2.79 bits per heavy atom. The smallest absolute Gasteiger partial charge is 0.123 e. The van der Waals surface area contributed by atoms with Gasteiger partial charge < -0.3 is 20.3 Å². The molecule has 0 saturated carbocycles. The van der Waals surface area contributed by atoms with E-state index < -0.39 is 0 Å². The predicted molar refractivity (Wildman–Crippen MR) is 80.9 cm³/mol. The second-order valence-corrected chi connectivity index (χ2v) is 5.41. The van der Waals surface area contributed by atoms with Crippen LogP contribution < -0.4 is 15.4 Å². The van der Waals surface area contributed by atoms with Crippen LogP contribution in [0.3, 0.4) is 0 Å². The van der Waals surface area contributed by atoms with Gasteiger partial charge >= 0.3 is 0 Å². The Hall–Kier alpha value is -1.42. The maximum Gasteiger partial charge on any atom is 0.123 e. The molecule has 4 nitrogen and oxygen atoms in total. The lowest BCUT2D eigenvalue weighted by molar-refractivity contribution is 0.275. The van der Waals surface area contributed by atoms with Gasteiger partial charge in [-0.25, -0.2) is 0 Å². The first-order valence-electron chi connectivity index (χ1n) is 7.08. The minimum Gasteiger partial charge on any atom is -0.493 e. The molecule has 0 radical (unpaired) electrons. The van der Waals surface area contributed by atoms with Crippen LogP contribution >= 0.6 is 0 Å². The van der Waals surface area contributed by atoms with E-state index in [4.69, 9.17) is 10.5 Å². The van der Waals surface area contributed by atoms with E-state index in [1.165, 1.54) is 5.69 Å². The second-order valence-electron chi connectivity index (χ2n) is 5.41. The highest BCUT2D eigenvalue weighted by atomic mass is 16.5. The summed E-state index contributed by atoms with van der Waals surface area (Å²) in [6.45, 7) is 8.31. The third-order valence-corrected chi connectivity index (χ3v) is 3.55. The summed E-state index contributed by atoms with van der Waals surface area (Å²) in [6, 6.07) is 6.55. The largest absolute Gasteiger partial charge is 0.493 e. The van der Waals surface area contributed by atoms with Crippen molar-refractivity contribution in [2.45, 2.75) is 26.3 Å². The van der Waals surface area contributed by atoms with E-state index in [-0.39, 0.29) is 0 Å². The Morgan fingerprint density at radius 1 is 1.32 bits per heavy atom. The van der Waals surface area contributed by atoms with Gasteiger partial charge in [-0.05, 0) is 26.5 Å². The lowest BCUT2D eigenvalue weighted by Gasteiger charge is -2.40. The summed E-state index contributed by atoms with van der Waals surface area (Å²) in [5, 5.41) is 0. The van der Waals surface area contributed by atoms with Gasteiger partial charge in [-0.15, -0.1) is 0 Å². The van der Waals surface area contributed by atoms with Gasteiger partial charge in [-0.3, -0.25) is 0 Å². The molecule has 4 heteroatoms. The van der Waals surface area contributed by atoms with E-state index in [2.05, 4.69) is 36.8 Å². The van der Waals surface area contributed by atoms with Crippen molar-refractivity contribution >= 4 is 11.4 Å². The summed E-state index contributed by atoms with van der Waals surface area (Å²) in [5.41, 5.74) is 7.94. The Labute approximate surface area is 116 Å². The molecule has 0 bridgehead atoms. The number of piperazine rings is 1. The number of benzene rings is 1. The van der Waals surface area contributed by atoms with Crippen LogP contribution in [0.25, 0.3) is 0 Å². The molecule has 106 valence electrons. The van der Waals surface area contributed by atoms with Crippen LogP contribution in [0.4, 0.5) is 11.4 Å². The monoisotopic (exact) mass is 263 g/mol. The average Bonchev–Trinajstić information content (AvgIpc) is 2.35. The Kier molecular flexibility index (Phi) is 4.53. The molecule has 0 spiro atoms. The highest BCUT2D eigenvalue weighted by Crippen LogP contribution is 2.28. The van der Waals surface area contributed by atoms with E-state index in [0.29, 0.717) is 6.04 Å². The molecule has 1 fully saturated rings. The number of nitrogens with zero attached hydrogens (tertiary/aromatic N) is 2. The third-order valence-electron chi connectivity index (χ3n) is 3.55. The molecule has 2 rings (SSSR count). The van der Waals surface area contributed by atoms with Crippen molar-refractivity contribution in [3.8, 4) is 5.75 Å². The van der Waals surface area contributed by atoms with Crippen LogP contribution in [0.1, 0.15) is 20.3 Å². The van der Waals surface area contributed by atoms with Crippen molar-refractivity contribution in [3.63, 3.8) is 0 Å². The van der Waals surface area contributed by atoms with Crippen LogP contribution in [0, 0.1) is 0 Å². The zero-order valence-corrected chi connectivity index (χ0v) is 12.2. The first-order valence-corrected chi connectivity index (χ1v) is 7.08. The third kappa shape index (κ3) is 3.53. The molecule has 1 aliphatic rings. The van der Waals surface area contributed by atoms with Gasteiger partial charge in [0.15, 0.2) is 0 Å². The number of hydrogen-bond donors (Lipinski definition) is 1. The van der Waals surface area contributed by atoms with Crippen molar-refractivity contribution < 1.29 is 4.74 Å². The Morgan fingerprint density at radius 2 is 2.11 bits per heavy atom. The molecule has 1 heterocycles. The van der Waals surface area contributed by atoms with Crippen LogP contribution in [0.15, 0.2) is 18.2 Å². The summed E-state index contributed by atoms with van der Waals surface area (Å²) in [4.78, 5) is 4.77. The van der Waals surface area contributed by atoms with Gasteiger partial charge in [0.1, 0.15) is 5.75 Å². The number of anilines is 2. The molecule has 19 heavy (non-hydrogen) atoms. The number of nitrogens with two attached hydrogens (primary N) is 1. The highest BCUT2D eigenvalue weighted by molar-refractivity contribution is 5.61. The molecular formula is C15H25N3O. The van der Waals surface area contributed by atoms with Gasteiger partial charge in [0.2, 0.25) is 0 Å². The average molecular weight is 263 g/mol. The molecule has 1 atom stereocenters. The lowest BCUT2D eigenvalue weighted by Crippen LogP contribution is -2.50. The topological polar surface area (TPSA) is 41.7 Å². The lowest BCUT2D eigenvalue weighted by atomic mass is 10.1. The maximum atomic E-state index is 5.99. The number of rotatable bonds is 4.